The minimum Gasteiger partial charge on any atom is -0.347 e. The van der Waals surface area contributed by atoms with Crippen molar-refractivity contribution in [3.63, 3.8) is 0 Å². The van der Waals surface area contributed by atoms with Crippen LogP contribution in [0.25, 0.3) is 10.8 Å². The minimum absolute atomic E-state index is 0.0552. The van der Waals surface area contributed by atoms with Crippen LogP contribution in [0.2, 0.25) is 0 Å². The third-order valence-corrected chi connectivity index (χ3v) is 5.00. The number of carbonyl (C=O) groups is 1. The van der Waals surface area contributed by atoms with Crippen LogP contribution >= 0.6 is 0 Å². The van der Waals surface area contributed by atoms with Crippen LogP contribution in [-0.4, -0.2) is 21.7 Å². The fourth-order valence-electron chi connectivity index (χ4n) is 3.57. The number of nitrogens with zero attached hydrogens (tertiary/aromatic N) is 2. The van der Waals surface area contributed by atoms with E-state index in [0.717, 1.165) is 12.0 Å². The maximum atomic E-state index is 13.4. The van der Waals surface area contributed by atoms with Gasteiger partial charge in [0.25, 0.3) is 11.5 Å². The summed E-state index contributed by atoms with van der Waals surface area (Å²) in [6.07, 6.45) is 0.763. The summed E-state index contributed by atoms with van der Waals surface area (Å²) in [5, 5.41) is 8.39. The van der Waals surface area contributed by atoms with Crippen LogP contribution in [0, 0.1) is 11.7 Å². The van der Waals surface area contributed by atoms with Gasteiger partial charge in [0.2, 0.25) is 0 Å². The number of nitrogens with one attached hydrogen (secondary N) is 1. The molecule has 1 N–H and O–H groups in total. The molecular weight excluding hydrogens is 357 g/mol. The first-order valence-electron chi connectivity index (χ1n) is 9.50. The van der Waals surface area contributed by atoms with Gasteiger partial charge in [-0.05, 0) is 36.1 Å². The van der Waals surface area contributed by atoms with Crippen molar-refractivity contribution < 1.29 is 9.18 Å². The smallest absolute Gasteiger partial charge is 0.274 e. The van der Waals surface area contributed by atoms with Crippen molar-refractivity contribution in [1.82, 2.24) is 15.1 Å². The molecule has 1 aromatic heterocycles. The summed E-state index contributed by atoms with van der Waals surface area (Å²) in [7, 11) is 0. The van der Waals surface area contributed by atoms with Gasteiger partial charge < -0.3 is 5.32 Å². The molecule has 1 amide bonds. The molecule has 5 nitrogen and oxygen atoms in total. The van der Waals surface area contributed by atoms with E-state index in [1.54, 1.807) is 30.3 Å². The van der Waals surface area contributed by atoms with Crippen molar-refractivity contribution >= 4 is 16.7 Å². The minimum atomic E-state index is -0.308. The number of benzene rings is 2. The third kappa shape index (κ3) is 3.54. The van der Waals surface area contributed by atoms with E-state index >= 15 is 0 Å². The topological polar surface area (TPSA) is 64.0 Å². The Balaban J connectivity index is 1.62. The van der Waals surface area contributed by atoms with Gasteiger partial charge >= 0.3 is 0 Å². The highest BCUT2D eigenvalue weighted by Gasteiger charge is 2.40. The molecule has 0 spiro atoms. The summed E-state index contributed by atoms with van der Waals surface area (Å²) in [5.74, 6) is -0.254. The number of halogens is 1. The van der Waals surface area contributed by atoms with Crippen molar-refractivity contribution in [2.75, 3.05) is 0 Å². The molecule has 4 rings (SSSR count). The van der Waals surface area contributed by atoms with E-state index in [9.17, 15) is 14.0 Å². The Labute approximate surface area is 162 Å². The van der Waals surface area contributed by atoms with Gasteiger partial charge in [-0.3, -0.25) is 9.59 Å². The van der Waals surface area contributed by atoms with Gasteiger partial charge in [0.1, 0.15) is 5.82 Å². The standard InChI is InChI=1S/C22H22FN3O2/c1-13(2)12-26-22(28)17-9-4-3-8-16(17)20(25-26)21(27)24-19-11-18(19)14-6-5-7-15(23)10-14/h3-10,13,18-19H,11-12H2,1-2H3,(H,24,27). The van der Waals surface area contributed by atoms with Crippen LogP contribution in [0.1, 0.15) is 42.2 Å². The molecule has 144 valence electrons. The summed E-state index contributed by atoms with van der Waals surface area (Å²) in [4.78, 5) is 25.6. The van der Waals surface area contributed by atoms with E-state index in [1.165, 1.54) is 16.8 Å². The first-order chi connectivity index (χ1) is 13.4. The Bertz CT molecular complexity index is 1110. The highest BCUT2D eigenvalue weighted by Crippen LogP contribution is 2.41. The maximum Gasteiger partial charge on any atom is 0.274 e. The van der Waals surface area contributed by atoms with Gasteiger partial charge in [0.15, 0.2) is 5.69 Å². The van der Waals surface area contributed by atoms with Crippen molar-refractivity contribution in [2.24, 2.45) is 5.92 Å². The Morgan fingerprint density at radius 3 is 2.68 bits per heavy atom. The number of carbonyl (C=O) groups excluding carboxylic acids is 1. The van der Waals surface area contributed by atoms with Gasteiger partial charge in [-0.15, -0.1) is 0 Å². The molecule has 2 atom stereocenters. The zero-order valence-corrected chi connectivity index (χ0v) is 15.9. The van der Waals surface area contributed by atoms with Gasteiger partial charge in [-0.25, -0.2) is 9.07 Å². The van der Waals surface area contributed by atoms with E-state index < -0.39 is 0 Å². The second-order valence-electron chi connectivity index (χ2n) is 7.75. The van der Waals surface area contributed by atoms with Crippen LogP contribution in [0.4, 0.5) is 4.39 Å². The number of aromatic nitrogens is 2. The summed E-state index contributed by atoms with van der Waals surface area (Å²) in [6.45, 7) is 4.44. The molecule has 28 heavy (non-hydrogen) atoms. The molecule has 2 aromatic carbocycles. The van der Waals surface area contributed by atoms with Gasteiger partial charge in [-0.1, -0.05) is 44.2 Å². The average Bonchev–Trinajstić information content (AvgIpc) is 3.43. The fraction of sp³-hybridized carbons (Fsp3) is 0.318. The van der Waals surface area contributed by atoms with E-state index in [-0.39, 0.29) is 40.9 Å². The highest BCUT2D eigenvalue weighted by atomic mass is 19.1. The SMILES string of the molecule is CC(C)Cn1nc(C(=O)NC2CC2c2cccc(F)c2)c2ccccc2c1=O. The molecule has 2 unspecified atom stereocenters. The molecular formula is C22H22FN3O2. The first-order valence-corrected chi connectivity index (χ1v) is 9.50. The lowest BCUT2D eigenvalue weighted by atomic mass is 10.1. The highest BCUT2D eigenvalue weighted by molar-refractivity contribution is 6.05. The number of rotatable bonds is 5. The summed E-state index contributed by atoms with van der Waals surface area (Å²) < 4.78 is 14.8. The van der Waals surface area contributed by atoms with Crippen molar-refractivity contribution in [2.45, 2.75) is 38.8 Å². The Morgan fingerprint density at radius 1 is 1.21 bits per heavy atom. The van der Waals surface area contributed by atoms with Crippen molar-refractivity contribution in [3.05, 3.63) is 76.0 Å². The van der Waals surface area contributed by atoms with Crippen LogP contribution in [0.15, 0.2) is 53.3 Å². The quantitative estimate of drug-likeness (QED) is 0.738. The predicted octanol–water partition coefficient (Wildman–Crippen LogP) is 3.48. The molecule has 1 aliphatic rings. The zero-order chi connectivity index (χ0) is 19.8. The molecule has 6 heteroatoms. The molecule has 1 saturated carbocycles. The molecule has 0 aliphatic heterocycles. The zero-order valence-electron chi connectivity index (χ0n) is 15.9. The van der Waals surface area contributed by atoms with Crippen LogP contribution < -0.4 is 10.9 Å². The number of hydrogen-bond acceptors (Lipinski definition) is 3. The van der Waals surface area contributed by atoms with Gasteiger partial charge in [0.05, 0.1) is 5.39 Å². The van der Waals surface area contributed by atoms with E-state index in [2.05, 4.69) is 10.4 Å². The van der Waals surface area contributed by atoms with E-state index in [0.29, 0.717) is 17.3 Å². The molecule has 0 bridgehead atoms. The largest absolute Gasteiger partial charge is 0.347 e. The molecule has 0 radical (unpaired) electrons. The van der Waals surface area contributed by atoms with Gasteiger partial charge in [-0.2, -0.15) is 5.10 Å². The van der Waals surface area contributed by atoms with E-state index in [4.69, 9.17) is 0 Å². The lowest BCUT2D eigenvalue weighted by Gasteiger charge is -2.12. The number of hydrogen-bond donors (Lipinski definition) is 1. The van der Waals surface area contributed by atoms with Crippen molar-refractivity contribution in [1.29, 1.82) is 0 Å². The molecule has 3 aromatic rings. The molecule has 0 saturated heterocycles. The van der Waals surface area contributed by atoms with Crippen molar-refractivity contribution in [3.8, 4) is 0 Å². The number of amides is 1. The Hall–Kier alpha value is -3.02. The first kappa shape index (κ1) is 18.3. The lowest BCUT2D eigenvalue weighted by molar-refractivity contribution is 0.0944. The summed E-state index contributed by atoms with van der Waals surface area (Å²) in [5.41, 5.74) is 0.943. The summed E-state index contributed by atoms with van der Waals surface area (Å²) in [6, 6.07) is 13.5. The third-order valence-electron chi connectivity index (χ3n) is 5.00. The lowest BCUT2D eigenvalue weighted by Crippen LogP contribution is -2.33. The Morgan fingerprint density at radius 2 is 1.96 bits per heavy atom. The van der Waals surface area contributed by atoms with E-state index in [1.807, 2.05) is 19.9 Å². The fourth-order valence-corrected chi connectivity index (χ4v) is 3.57. The van der Waals surface area contributed by atoms with Crippen LogP contribution in [0.3, 0.4) is 0 Å². The van der Waals surface area contributed by atoms with Crippen LogP contribution in [-0.2, 0) is 6.54 Å². The monoisotopic (exact) mass is 379 g/mol. The molecule has 1 heterocycles. The average molecular weight is 379 g/mol. The normalized spacial score (nSPS) is 18.4. The van der Waals surface area contributed by atoms with Gasteiger partial charge in [0, 0.05) is 23.9 Å². The van der Waals surface area contributed by atoms with Crippen LogP contribution in [0.5, 0.6) is 0 Å². The Kier molecular flexibility index (Phi) is 4.71. The second kappa shape index (κ2) is 7.19. The number of fused-ring (bicyclic) bond motifs is 1. The summed E-state index contributed by atoms with van der Waals surface area (Å²) >= 11 is 0. The molecule has 1 fully saturated rings. The maximum absolute atomic E-state index is 13.4. The molecule has 1 aliphatic carbocycles. The predicted molar refractivity (Wildman–Crippen MR) is 106 cm³/mol. The second-order valence-corrected chi connectivity index (χ2v) is 7.75.